The SMILES string of the molecule is CCOC(=O)C(c1ccc(Cl)c(Cl)c1)c1cc(=O)[nH]cn1. The molecule has 2 rings (SSSR count). The standard InChI is InChI=1S/C14H12Cl2N2O3/c1-2-21-14(20)13(11-6-12(19)18-7-17-11)8-3-4-9(15)10(16)5-8/h3-7,13H,2H2,1H3,(H,17,18,19). The second-order valence-corrected chi connectivity index (χ2v) is 5.01. The fraction of sp³-hybridized carbons (Fsp3) is 0.214. The van der Waals surface area contributed by atoms with Crippen LogP contribution in [0.15, 0.2) is 35.4 Å². The maximum absolute atomic E-state index is 12.2. The molecule has 0 amide bonds. The Morgan fingerprint density at radius 3 is 2.71 bits per heavy atom. The summed E-state index contributed by atoms with van der Waals surface area (Å²) in [5, 5.41) is 0.690. The molecule has 1 heterocycles. The molecule has 0 aliphatic rings. The van der Waals surface area contributed by atoms with Crippen molar-refractivity contribution in [2.75, 3.05) is 6.61 Å². The molecule has 0 aliphatic carbocycles. The summed E-state index contributed by atoms with van der Waals surface area (Å²) in [5.74, 6) is -1.34. The first kappa shape index (κ1) is 15.5. The maximum atomic E-state index is 12.2. The van der Waals surface area contributed by atoms with Crippen molar-refractivity contribution in [1.29, 1.82) is 0 Å². The Morgan fingerprint density at radius 1 is 1.33 bits per heavy atom. The van der Waals surface area contributed by atoms with Crippen molar-refractivity contribution in [3.05, 3.63) is 62.2 Å². The lowest BCUT2D eigenvalue weighted by molar-refractivity contribution is -0.143. The third-order valence-electron chi connectivity index (χ3n) is 2.79. The van der Waals surface area contributed by atoms with Crippen LogP contribution in [0, 0.1) is 0 Å². The third kappa shape index (κ3) is 3.62. The van der Waals surface area contributed by atoms with Gasteiger partial charge in [-0.1, -0.05) is 29.3 Å². The second-order valence-electron chi connectivity index (χ2n) is 4.19. The van der Waals surface area contributed by atoms with E-state index >= 15 is 0 Å². The fourth-order valence-corrected chi connectivity index (χ4v) is 2.19. The van der Waals surface area contributed by atoms with Gasteiger partial charge in [0, 0.05) is 6.07 Å². The summed E-state index contributed by atoms with van der Waals surface area (Å²) in [6.07, 6.45) is 1.24. The number of nitrogens with one attached hydrogen (secondary N) is 1. The zero-order valence-corrected chi connectivity index (χ0v) is 12.6. The predicted molar refractivity (Wildman–Crippen MR) is 79.8 cm³/mol. The Hall–Kier alpha value is -1.85. The molecule has 0 spiro atoms. The number of carbonyl (C=O) groups excluding carboxylic acids is 1. The Balaban J connectivity index is 2.52. The first-order chi connectivity index (χ1) is 10.0. The highest BCUT2D eigenvalue weighted by atomic mass is 35.5. The summed E-state index contributed by atoms with van der Waals surface area (Å²) >= 11 is 11.9. The van der Waals surface area contributed by atoms with Gasteiger partial charge >= 0.3 is 5.97 Å². The molecule has 1 unspecified atom stereocenters. The van der Waals surface area contributed by atoms with E-state index in [1.54, 1.807) is 25.1 Å². The van der Waals surface area contributed by atoms with Crippen molar-refractivity contribution in [2.24, 2.45) is 0 Å². The summed E-state index contributed by atoms with van der Waals surface area (Å²) < 4.78 is 5.06. The molecule has 2 aromatic rings. The van der Waals surface area contributed by atoms with Crippen LogP contribution in [0.5, 0.6) is 0 Å². The number of hydrogen-bond donors (Lipinski definition) is 1. The van der Waals surface area contributed by atoms with Gasteiger partial charge in [0.05, 0.1) is 28.7 Å². The lowest BCUT2D eigenvalue weighted by Crippen LogP contribution is -2.20. The molecule has 1 atom stereocenters. The zero-order valence-electron chi connectivity index (χ0n) is 11.1. The van der Waals surface area contributed by atoms with Gasteiger partial charge in [-0.25, -0.2) is 4.98 Å². The van der Waals surface area contributed by atoms with Crippen LogP contribution in [0.4, 0.5) is 0 Å². The minimum atomic E-state index is -0.831. The van der Waals surface area contributed by atoms with Crippen LogP contribution >= 0.6 is 23.2 Å². The van der Waals surface area contributed by atoms with Gasteiger partial charge in [0.2, 0.25) is 0 Å². The van der Waals surface area contributed by atoms with Crippen molar-refractivity contribution >= 4 is 29.2 Å². The van der Waals surface area contributed by atoms with Crippen molar-refractivity contribution < 1.29 is 9.53 Å². The molecule has 5 nitrogen and oxygen atoms in total. The number of ether oxygens (including phenoxy) is 1. The third-order valence-corrected chi connectivity index (χ3v) is 3.53. The number of rotatable bonds is 4. The average molecular weight is 327 g/mol. The topological polar surface area (TPSA) is 72.1 Å². The largest absolute Gasteiger partial charge is 0.465 e. The molecule has 0 saturated carbocycles. The van der Waals surface area contributed by atoms with Crippen LogP contribution in [0.2, 0.25) is 10.0 Å². The molecule has 0 fully saturated rings. The molecular formula is C14H12Cl2N2O3. The number of halogens is 2. The van der Waals surface area contributed by atoms with Gasteiger partial charge in [-0.05, 0) is 24.6 Å². The van der Waals surface area contributed by atoms with E-state index in [0.29, 0.717) is 15.6 Å². The molecule has 0 radical (unpaired) electrons. The number of hydrogen-bond acceptors (Lipinski definition) is 4. The van der Waals surface area contributed by atoms with Gasteiger partial charge in [-0.2, -0.15) is 0 Å². The summed E-state index contributed by atoms with van der Waals surface area (Å²) in [4.78, 5) is 30.1. The Labute approximate surface area is 130 Å². The first-order valence-electron chi connectivity index (χ1n) is 6.19. The van der Waals surface area contributed by atoms with E-state index in [0.717, 1.165) is 0 Å². The van der Waals surface area contributed by atoms with Crippen LogP contribution < -0.4 is 5.56 Å². The molecule has 1 aromatic heterocycles. The highest BCUT2D eigenvalue weighted by Gasteiger charge is 2.26. The highest BCUT2D eigenvalue weighted by molar-refractivity contribution is 6.42. The maximum Gasteiger partial charge on any atom is 0.319 e. The molecule has 0 bridgehead atoms. The van der Waals surface area contributed by atoms with Crippen LogP contribution in [-0.2, 0) is 9.53 Å². The van der Waals surface area contributed by atoms with Gasteiger partial charge in [0.1, 0.15) is 5.92 Å². The van der Waals surface area contributed by atoms with Gasteiger partial charge < -0.3 is 9.72 Å². The number of nitrogens with zero attached hydrogens (tertiary/aromatic N) is 1. The van der Waals surface area contributed by atoms with Crippen molar-refractivity contribution in [3.63, 3.8) is 0 Å². The summed E-state index contributed by atoms with van der Waals surface area (Å²) in [6.45, 7) is 1.93. The molecule has 0 saturated heterocycles. The summed E-state index contributed by atoms with van der Waals surface area (Å²) in [7, 11) is 0. The zero-order chi connectivity index (χ0) is 15.4. The number of carbonyl (C=O) groups is 1. The first-order valence-corrected chi connectivity index (χ1v) is 6.94. The molecule has 1 N–H and O–H groups in total. The van der Waals surface area contributed by atoms with Crippen LogP contribution in [-0.4, -0.2) is 22.5 Å². The summed E-state index contributed by atoms with van der Waals surface area (Å²) in [5.41, 5.74) is 0.492. The number of benzene rings is 1. The Morgan fingerprint density at radius 2 is 2.10 bits per heavy atom. The molecule has 1 aromatic carbocycles. The van der Waals surface area contributed by atoms with E-state index in [4.69, 9.17) is 27.9 Å². The summed E-state index contributed by atoms with van der Waals surface area (Å²) in [6, 6.07) is 6.05. The second kappa shape index (κ2) is 6.74. The van der Waals surface area contributed by atoms with Gasteiger partial charge in [-0.15, -0.1) is 0 Å². The fourth-order valence-electron chi connectivity index (χ4n) is 1.89. The number of esters is 1. The molecule has 21 heavy (non-hydrogen) atoms. The quantitative estimate of drug-likeness (QED) is 0.877. The molecule has 0 aliphatic heterocycles. The smallest absolute Gasteiger partial charge is 0.319 e. The minimum Gasteiger partial charge on any atom is -0.465 e. The number of H-pyrrole nitrogens is 1. The van der Waals surface area contributed by atoms with Crippen LogP contribution in [0.25, 0.3) is 0 Å². The molecule has 7 heteroatoms. The minimum absolute atomic E-state index is 0.222. The van der Waals surface area contributed by atoms with Crippen LogP contribution in [0.3, 0.4) is 0 Å². The van der Waals surface area contributed by atoms with E-state index in [1.165, 1.54) is 12.4 Å². The average Bonchev–Trinajstić information content (AvgIpc) is 2.43. The number of aromatic nitrogens is 2. The Kier molecular flexibility index (Phi) is 4.98. The monoisotopic (exact) mass is 326 g/mol. The lowest BCUT2D eigenvalue weighted by atomic mass is 9.95. The van der Waals surface area contributed by atoms with E-state index < -0.39 is 11.9 Å². The van der Waals surface area contributed by atoms with Crippen molar-refractivity contribution in [1.82, 2.24) is 9.97 Å². The van der Waals surface area contributed by atoms with Crippen LogP contribution in [0.1, 0.15) is 24.1 Å². The van der Waals surface area contributed by atoms with Crippen molar-refractivity contribution in [3.8, 4) is 0 Å². The normalized spacial score (nSPS) is 12.0. The van der Waals surface area contributed by atoms with Gasteiger partial charge in [-0.3, -0.25) is 9.59 Å². The van der Waals surface area contributed by atoms with E-state index in [9.17, 15) is 9.59 Å². The van der Waals surface area contributed by atoms with Crippen molar-refractivity contribution in [2.45, 2.75) is 12.8 Å². The van der Waals surface area contributed by atoms with E-state index in [1.807, 2.05) is 0 Å². The lowest BCUT2D eigenvalue weighted by Gasteiger charge is -2.15. The van der Waals surface area contributed by atoms with Gasteiger partial charge in [0.15, 0.2) is 0 Å². The Bertz CT molecular complexity index is 715. The predicted octanol–water partition coefficient (Wildman–Crippen LogP) is 2.77. The van der Waals surface area contributed by atoms with E-state index in [-0.39, 0.29) is 17.9 Å². The molecular weight excluding hydrogens is 315 g/mol. The highest BCUT2D eigenvalue weighted by Crippen LogP contribution is 2.30. The van der Waals surface area contributed by atoms with Gasteiger partial charge in [0.25, 0.3) is 5.56 Å². The number of aromatic amines is 1. The molecule has 110 valence electrons. The van der Waals surface area contributed by atoms with E-state index in [2.05, 4.69) is 9.97 Å².